The Balaban J connectivity index is 1.72. The maximum Gasteiger partial charge on any atom is 0.149 e. The predicted octanol–water partition coefficient (Wildman–Crippen LogP) is 5.59. The quantitative estimate of drug-likeness (QED) is 0.478. The van der Waals surface area contributed by atoms with Crippen LogP contribution in [0.15, 0.2) is 48.9 Å². The van der Waals surface area contributed by atoms with E-state index in [0.717, 1.165) is 41.2 Å². The molecule has 1 N–H and O–H groups in total. The van der Waals surface area contributed by atoms with Gasteiger partial charge in [-0.3, -0.25) is 4.98 Å². The van der Waals surface area contributed by atoms with Crippen molar-refractivity contribution >= 4 is 28.8 Å². The molecule has 4 heterocycles. The molecule has 4 aromatic rings. The van der Waals surface area contributed by atoms with Crippen LogP contribution in [-0.4, -0.2) is 19.4 Å². The van der Waals surface area contributed by atoms with Gasteiger partial charge in [-0.05, 0) is 37.6 Å². The first kappa shape index (κ1) is 18.4. The Morgan fingerprint density at radius 1 is 1.14 bits per heavy atom. The molecule has 0 radical (unpaired) electrons. The minimum Gasteiger partial charge on any atom is -0.338 e. The van der Waals surface area contributed by atoms with Gasteiger partial charge in [-0.2, -0.15) is 0 Å². The fourth-order valence-corrected chi connectivity index (χ4v) is 3.33. The molecule has 4 rings (SSSR count). The van der Waals surface area contributed by atoms with Crippen LogP contribution in [0, 0.1) is 12.7 Å². The second-order valence-corrected chi connectivity index (χ2v) is 7.01. The van der Waals surface area contributed by atoms with Gasteiger partial charge in [0.15, 0.2) is 0 Å². The Morgan fingerprint density at radius 3 is 2.71 bits per heavy atom. The summed E-state index contributed by atoms with van der Waals surface area (Å²) in [5, 5.41) is 3.65. The van der Waals surface area contributed by atoms with Gasteiger partial charge in [0.1, 0.15) is 17.3 Å². The number of pyridine rings is 3. The zero-order valence-electron chi connectivity index (χ0n) is 15.6. The van der Waals surface area contributed by atoms with Gasteiger partial charge >= 0.3 is 0 Å². The monoisotopic (exact) mass is 395 g/mol. The third-order valence-corrected chi connectivity index (χ3v) is 4.75. The van der Waals surface area contributed by atoms with Crippen LogP contribution in [0.3, 0.4) is 0 Å². The van der Waals surface area contributed by atoms with Crippen LogP contribution >= 0.6 is 11.6 Å². The van der Waals surface area contributed by atoms with Gasteiger partial charge in [-0.25, -0.2) is 14.4 Å². The number of imidazole rings is 1. The van der Waals surface area contributed by atoms with E-state index in [1.807, 2.05) is 29.5 Å². The van der Waals surface area contributed by atoms with Crippen LogP contribution in [0.25, 0.3) is 16.9 Å². The van der Waals surface area contributed by atoms with Gasteiger partial charge in [0.25, 0.3) is 0 Å². The van der Waals surface area contributed by atoms with E-state index in [1.165, 1.54) is 12.1 Å². The van der Waals surface area contributed by atoms with E-state index in [9.17, 15) is 4.39 Å². The van der Waals surface area contributed by atoms with Crippen molar-refractivity contribution in [2.75, 3.05) is 5.32 Å². The minimum atomic E-state index is -0.311. The number of nitrogens with zero attached hydrogens (tertiary/aromatic N) is 4. The van der Waals surface area contributed by atoms with Crippen molar-refractivity contribution in [3.63, 3.8) is 0 Å². The fourth-order valence-electron chi connectivity index (χ4n) is 3.12. The van der Waals surface area contributed by atoms with E-state index in [-0.39, 0.29) is 5.82 Å². The Hall–Kier alpha value is -2.99. The third-order valence-electron chi connectivity index (χ3n) is 4.46. The first-order valence-electron chi connectivity index (χ1n) is 9.07. The first-order valence-corrected chi connectivity index (χ1v) is 9.45. The molecule has 0 amide bonds. The fraction of sp³-hybridized carbons (Fsp3) is 0.190. The highest BCUT2D eigenvalue weighted by atomic mass is 35.5. The summed E-state index contributed by atoms with van der Waals surface area (Å²) in [6, 6.07) is 8.53. The Bertz CT molecular complexity index is 1140. The number of rotatable bonds is 5. The molecular weight excluding hydrogens is 377 g/mol. The summed E-state index contributed by atoms with van der Waals surface area (Å²) in [4.78, 5) is 13.3. The number of hydrogen-bond acceptors (Lipinski definition) is 4. The summed E-state index contributed by atoms with van der Waals surface area (Å²) in [6.07, 6.45) is 6.93. The summed E-state index contributed by atoms with van der Waals surface area (Å²) in [5.74, 6) is 0.234. The lowest BCUT2D eigenvalue weighted by Gasteiger charge is -2.09. The molecule has 142 valence electrons. The lowest BCUT2D eigenvalue weighted by molar-refractivity contribution is 0.626. The van der Waals surface area contributed by atoms with E-state index >= 15 is 0 Å². The molecular formula is C21H19ClFN5. The maximum atomic E-state index is 13.6. The van der Waals surface area contributed by atoms with E-state index in [2.05, 4.69) is 27.2 Å². The Kier molecular flexibility index (Phi) is 4.96. The van der Waals surface area contributed by atoms with Crippen LogP contribution in [-0.2, 0) is 6.42 Å². The van der Waals surface area contributed by atoms with Crippen LogP contribution in [0.5, 0.6) is 0 Å². The van der Waals surface area contributed by atoms with Gasteiger partial charge in [0, 0.05) is 29.7 Å². The summed E-state index contributed by atoms with van der Waals surface area (Å²) < 4.78 is 15.5. The number of fused-ring (bicyclic) bond motifs is 1. The van der Waals surface area contributed by atoms with Crippen molar-refractivity contribution in [3.8, 4) is 11.3 Å². The molecule has 0 saturated heterocycles. The van der Waals surface area contributed by atoms with Crippen molar-refractivity contribution in [1.29, 1.82) is 0 Å². The molecule has 0 atom stereocenters. The van der Waals surface area contributed by atoms with Crippen LogP contribution in [0.1, 0.15) is 24.7 Å². The molecule has 0 aliphatic rings. The van der Waals surface area contributed by atoms with E-state index < -0.39 is 0 Å². The molecule has 28 heavy (non-hydrogen) atoms. The molecule has 5 nitrogen and oxygen atoms in total. The Morgan fingerprint density at radius 2 is 2.00 bits per heavy atom. The summed E-state index contributed by atoms with van der Waals surface area (Å²) in [7, 11) is 0. The highest BCUT2D eigenvalue weighted by Crippen LogP contribution is 2.31. The number of aromatic nitrogens is 4. The summed E-state index contributed by atoms with van der Waals surface area (Å²) in [6.45, 7) is 4.03. The molecule has 0 spiro atoms. The van der Waals surface area contributed by atoms with Crippen molar-refractivity contribution in [2.45, 2.75) is 26.7 Å². The number of aryl methyl sites for hydroxylation is 2. The van der Waals surface area contributed by atoms with Crippen LogP contribution in [0.2, 0.25) is 5.02 Å². The minimum absolute atomic E-state index is 0.311. The zero-order chi connectivity index (χ0) is 19.7. The van der Waals surface area contributed by atoms with Gasteiger partial charge < -0.3 is 9.72 Å². The normalized spacial score (nSPS) is 11.1. The highest BCUT2D eigenvalue weighted by Gasteiger charge is 2.16. The highest BCUT2D eigenvalue weighted by molar-refractivity contribution is 6.33. The molecule has 0 aliphatic carbocycles. The average molecular weight is 396 g/mol. The summed E-state index contributed by atoms with van der Waals surface area (Å²) >= 11 is 6.47. The SMILES string of the molecule is CCCc1c(-c2cnc(Nc3ccc(C)nc3)c(Cl)c2)nc2cc(F)ccn12. The van der Waals surface area contributed by atoms with Gasteiger partial charge in [-0.1, -0.05) is 24.9 Å². The first-order chi connectivity index (χ1) is 13.5. The number of halogens is 2. The van der Waals surface area contributed by atoms with Crippen molar-refractivity contribution in [2.24, 2.45) is 0 Å². The number of hydrogen-bond donors (Lipinski definition) is 1. The lowest BCUT2D eigenvalue weighted by Crippen LogP contribution is -1.97. The van der Waals surface area contributed by atoms with Gasteiger partial charge in [-0.15, -0.1) is 0 Å². The average Bonchev–Trinajstić information content (AvgIpc) is 3.03. The number of anilines is 2. The van der Waals surface area contributed by atoms with Crippen molar-refractivity contribution in [1.82, 2.24) is 19.4 Å². The van der Waals surface area contributed by atoms with E-state index in [1.54, 1.807) is 18.6 Å². The third kappa shape index (κ3) is 3.55. The second kappa shape index (κ2) is 7.56. The molecule has 0 saturated carbocycles. The van der Waals surface area contributed by atoms with Gasteiger partial charge in [0.05, 0.1) is 28.3 Å². The predicted molar refractivity (Wildman–Crippen MR) is 110 cm³/mol. The second-order valence-electron chi connectivity index (χ2n) is 6.60. The summed E-state index contributed by atoms with van der Waals surface area (Å²) in [5.41, 5.74) is 4.89. The molecule has 7 heteroatoms. The molecule has 0 fully saturated rings. The molecule has 0 aliphatic heterocycles. The molecule has 0 bridgehead atoms. The largest absolute Gasteiger partial charge is 0.338 e. The topological polar surface area (TPSA) is 55.1 Å². The van der Waals surface area contributed by atoms with Crippen LogP contribution in [0.4, 0.5) is 15.9 Å². The molecule has 0 aromatic carbocycles. The van der Waals surface area contributed by atoms with Crippen LogP contribution < -0.4 is 5.32 Å². The Labute approximate surface area is 167 Å². The molecule has 4 aromatic heterocycles. The lowest BCUT2D eigenvalue weighted by atomic mass is 10.1. The van der Waals surface area contributed by atoms with E-state index in [4.69, 9.17) is 11.6 Å². The van der Waals surface area contributed by atoms with E-state index in [0.29, 0.717) is 16.5 Å². The standard InChI is InChI=1S/C21H19ClFN5/c1-3-4-18-20(27-19-10-15(23)7-8-28(18)19)14-9-17(22)21(25-11-14)26-16-6-5-13(2)24-12-16/h5-12H,3-4H2,1-2H3,(H,25,26). The number of nitrogens with one attached hydrogen (secondary N) is 1. The van der Waals surface area contributed by atoms with Crippen molar-refractivity contribution < 1.29 is 4.39 Å². The maximum absolute atomic E-state index is 13.6. The molecule has 0 unspecified atom stereocenters. The zero-order valence-corrected chi connectivity index (χ0v) is 16.3. The van der Waals surface area contributed by atoms with Gasteiger partial charge in [0.2, 0.25) is 0 Å². The smallest absolute Gasteiger partial charge is 0.149 e. The van der Waals surface area contributed by atoms with Crippen molar-refractivity contribution in [3.05, 3.63) is 71.2 Å².